The lowest BCUT2D eigenvalue weighted by Gasteiger charge is -2.32. The zero-order chi connectivity index (χ0) is 20.6. The molecule has 0 aliphatic carbocycles. The fourth-order valence-electron chi connectivity index (χ4n) is 3.85. The molecule has 1 aromatic carbocycles. The Morgan fingerprint density at radius 2 is 1.72 bits per heavy atom. The molecule has 0 atom stereocenters. The van der Waals surface area contributed by atoms with Crippen molar-refractivity contribution in [2.45, 2.75) is 46.5 Å². The van der Waals surface area contributed by atoms with Gasteiger partial charge in [-0.3, -0.25) is 9.78 Å². The minimum absolute atomic E-state index is 0.0551. The number of pyridine rings is 1. The highest BCUT2D eigenvalue weighted by molar-refractivity contribution is 5.95. The van der Waals surface area contributed by atoms with Gasteiger partial charge in [-0.2, -0.15) is 0 Å². The maximum absolute atomic E-state index is 12.8. The predicted octanol–water partition coefficient (Wildman–Crippen LogP) is 5.32. The van der Waals surface area contributed by atoms with E-state index in [1.807, 2.05) is 11.0 Å². The summed E-state index contributed by atoms with van der Waals surface area (Å²) in [6.07, 6.45) is 7.87. The molecule has 3 rings (SSSR count). The Labute approximate surface area is 175 Å². The van der Waals surface area contributed by atoms with Crippen molar-refractivity contribution in [3.8, 4) is 0 Å². The Hall–Kier alpha value is -2.56. The molecule has 156 valence electrons. The number of anilines is 3. The summed E-state index contributed by atoms with van der Waals surface area (Å²) >= 11 is 0. The standard InChI is InChI=1S/C24H34N4O/c1-4-12-28(13-5-2)24(29)20-16-22(18-25-17-20)26-21-6-8-23(9-7-21)27-14-10-19(3)11-15-27/h6-9,16-19,26H,4-5,10-15H2,1-3H3. The molecule has 5 heteroatoms. The van der Waals surface area contributed by atoms with Crippen LogP contribution >= 0.6 is 0 Å². The van der Waals surface area contributed by atoms with Crippen LogP contribution in [0.3, 0.4) is 0 Å². The third-order valence-electron chi connectivity index (χ3n) is 5.56. The Morgan fingerprint density at radius 1 is 1.07 bits per heavy atom. The smallest absolute Gasteiger partial charge is 0.255 e. The van der Waals surface area contributed by atoms with Gasteiger partial charge in [-0.05, 0) is 61.9 Å². The second-order valence-corrected chi connectivity index (χ2v) is 8.10. The van der Waals surface area contributed by atoms with Crippen molar-refractivity contribution in [3.63, 3.8) is 0 Å². The molecule has 1 aliphatic heterocycles. The SMILES string of the molecule is CCCN(CCC)C(=O)c1cncc(Nc2ccc(N3CCC(C)CC3)cc2)c1. The topological polar surface area (TPSA) is 48.5 Å². The highest BCUT2D eigenvalue weighted by atomic mass is 16.2. The number of carbonyl (C=O) groups is 1. The molecule has 1 amide bonds. The Bertz CT molecular complexity index is 776. The summed E-state index contributed by atoms with van der Waals surface area (Å²) in [6, 6.07) is 10.4. The molecule has 29 heavy (non-hydrogen) atoms. The number of rotatable bonds is 8. The molecule has 1 fully saturated rings. The van der Waals surface area contributed by atoms with Crippen molar-refractivity contribution >= 4 is 23.0 Å². The fraction of sp³-hybridized carbons (Fsp3) is 0.500. The van der Waals surface area contributed by atoms with Gasteiger partial charge in [0.15, 0.2) is 0 Å². The molecule has 1 saturated heterocycles. The molecule has 1 aliphatic rings. The quantitative estimate of drug-likeness (QED) is 0.658. The highest BCUT2D eigenvalue weighted by Crippen LogP contribution is 2.25. The minimum Gasteiger partial charge on any atom is -0.372 e. The first-order valence-electron chi connectivity index (χ1n) is 11.0. The zero-order valence-electron chi connectivity index (χ0n) is 18.0. The van der Waals surface area contributed by atoms with E-state index in [9.17, 15) is 4.79 Å². The van der Waals surface area contributed by atoms with Crippen LogP contribution in [-0.4, -0.2) is 42.0 Å². The molecule has 0 spiro atoms. The summed E-state index contributed by atoms with van der Waals surface area (Å²) in [5.41, 5.74) is 3.75. The van der Waals surface area contributed by atoms with Gasteiger partial charge in [0.05, 0.1) is 17.4 Å². The maximum Gasteiger partial charge on any atom is 0.255 e. The lowest BCUT2D eigenvalue weighted by atomic mass is 9.99. The van der Waals surface area contributed by atoms with Gasteiger partial charge in [-0.15, -0.1) is 0 Å². The molecule has 0 bridgehead atoms. The van der Waals surface area contributed by atoms with E-state index in [1.54, 1.807) is 12.4 Å². The Morgan fingerprint density at radius 3 is 2.34 bits per heavy atom. The van der Waals surface area contributed by atoms with Crippen molar-refractivity contribution in [1.29, 1.82) is 0 Å². The molecule has 1 aromatic heterocycles. The van der Waals surface area contributed by atoms with E-state index in [0.717, 1.165) is 56.3 Å². The Balaban J connectivity index is 1.66. The first-order valence-corrected chi connectivity index (χ1v) is 11.0. The lowest BCUT2D eigenvalue weighted by molar-refractivity contribution is 0.0755. The van der Waals surface area contributed by atoms with Crippen LogP contribution in [0, 0.1) is 5.92 Å². The molecule has 0 radical (unpaired) electrons. The van der Waals surface area contributed by atoms with E-state index in [-0.39, 0.29) is 5.91 Å². The second kappa shape index (κ2) is 10.3. The number of amides is 1. The van der Waals surface area contributed by atoms with Crippen molar-refractivity contribution in [2.24, 2.45) is 5.92 Å². The number of nitrogens with zero attached hydrogens (tertiary/aromatic N) is 3. The van der Waals surface area contributed by atoms with E-state index in [2.05, 4.69) is 60.2 Å². The number of hydrogen-bond acceptors (Lipinski definition) is 4. The van der Waals surface area contributed by atoms with Gasteiger partial charge in [0, 0.05) is 43.8 Å². The molecule has 0 unspecified atom stereocenters. The highest BCUT2D eigenvalue weighted by Gasteiger charge is 2.17. The van der Waals surface area contributed by atoms with Crippen molar-refractivity contribution in [2.75, 3.05) is 36.4 Å². The minimum atomic E-state index is 0.0551. The van der Waals surface area contributed by atoms with E-state index in [1.165, 1.54) is 18.5 Å². The molecular formula is C24H34N4O. The number of nitrogens with one attached hydrogen (secondary N) is 1. The van der Waals surface area contributed by atoms with Crippen molar-refractivity contribution in [1.82, 2.24) is 9.88 Å². The molecular weight excluding hydrogens is 360 g/mol. The van der Waals surface area contributed by atoms with Gasteiger partial charge in [-0.25, -0.2) is 0 Å². The second-order valence-electron chi connectivity index (χ2n) is 8.10. The van der Waals surface area contributed by atoms with Gasteiger partial charge in [-0.1, -0.05) is 20.8 Å². The largest absolute Gasteiger partial charge is 0.372 e. The summed E-state index contributed by atoms with van der Waals surface area (Å²) in [7, 11) is 0. The monoisotopic (exact) mass is 394 g/mol. The van der Waals surface area contributed by atoms with Crippen LogP contribution in [0.25, 0.3) is 0 Å². The van der Waals surface area contributed by atoms with Crippen molar-refractivity contribution < 1.29 is 4.79 Å². The number of hydrogen-bond donors (Lipinski definition) is 1. The van der Waals surface area contributed by atoms with Gasteiger partial charge >= 0.3 is 0 Å². The van der Waals surface area contributed by atoms with E-state index >= 15 is 0 Å². The van der Waals surface area contributed by atoms with Crippen molar-refractivity contribution in [3.05, 3.63) is 48.3 Å². The van der Waals surface area contributed by atoms with Crippen LogP contribution < -0.4 is 10.2 Å². The summed E-state index contributed by atoms with van der Waals surface area (Å²) in [6.45, 7) is 10.4. The molecule has 2 aromatic rings. The third kappa shape index (κ3) is 5.72. The molecule has 5 nitrogen and oxygen atoms in total. The normalized spacial score (nSPS) is 14.7. The van der Waals surface area contributed by atoms with Crippen LogP contribution in [0.2, 0.25) is 0 Å². The first-order chi connectivity index (χ1) is 14.1. The van der Waals surface area contributed by atoms with Gasteiger partial charge in [0.2, 0.25) is 0 Å². The number of benzene rings is 1. The van der Waals surface area contributed by atoms with E-state index in [4.69, 9.17) is 0 Å². The van der Waals surface area contributed by atoms with Gasteiger partial charge < -0.3 is 15.1 Å². The zero-order valence-corrected chi connectivity index (χ0v) is 18.0. The Kier molecular flexibility index (Phi) is 7.50. The van der Waals surface area contributed by atoms with E-state index < -0.39 is 0 Å². The average molecular weight is 395 g/mol. The molecule has 1 N–H and O–H groups in total. The maximum atomic E-state index is 12.8. The number of carbonyl (C=O) groups excluding carboxylic acids is 1. The van der Waals surface area contributed by atoms with E-state index in [0.29, 0.717) is 5.56 Å². The number of piperidine rings is 1. The van der Waals surface area contributed by atoms with Crippen LogP contribution in [0.15, 0.2) is 42.7 Å². The third-order valence-corrected chi connectivity index (χ3v) is 5.56. The van der Waals surface area contributed by atoms with Crippen LogP contribution in [0.4, 0.5) is 17.1 Å². The molecule has 0 saturated carbocycles. The predicted molar refractivity (Wildman–Crippen MR) is 121 cm³/mol. The first kappa shape index (κ1) is 21.2. The number of aromatic nitrogens is 1. The average Bonchev–Trinajstić information content (AvgIpc) is 2.74. The summed E-state index contributed by atoms with van der Waals surface area (Å²) in [5.74, 6) is 0.889. The lowest BCUT2D eigenvalue weighted by Crippen LogP contribution is -2.32. The van der Waals surface area contributed by atoms with Gasteiger partial charge in [0.1, 0.15) is 0 Å². The van der Waals surface area contributed by atoms with Crippen LogP contribution in [0.1, 0.15) is 56.8 Å². The van der Waals surface area contributed by atoms with Crippen LogP contribution in [0.5, 0.6) is 0 Å². The van der Waals surface area contributed by atoms with Gasteiger partial charge in [0.25, 0.3) is 5.91 Å². The summed E-state index contributed by atoms with van der Waals surface area (Å²) in [4.78, 5) is 21.5. The summed E-state index contributed by atoms with van der Waals surface area (Å²) in [5, 5.41) is 3.39. The fourth-order valence-corrected chi connectivity index (χ4v) is 3.85. The summed E-state index contributed by atoms with van der Waals surface area (Å²) < 4.78 is 0. The molecule has 2 heterocycles. The van der Waals surface area contributed by atoms with Crippen LogP contribution in [-0.2, 0) is 0 Å².